The number of benzene rings is 1. The number of nitrogen functional groups attached to an aromatic ring is 1. The average molecular weight is 272 g/mol. The molecule has 0 aliphatic rings. The highest BCUT2D eigenvalue weighted by molar-refractivity contribution is 7.89. The van der Waals surface area contributed by atoms with Crippen molar-refractivity contribution in [2.45, 2.75) is 31.3 Å². The van der Waals surface area contributed by atoms with Crippen molar-refractivity contribution in [1.29, 1.82) is 0 Å². The molecule has 0 spiro atoms. The standard InChI is InChI=1S/C12H20N2O3S/c1-4-17-12(2,3)9-14-18(15,16)11-7-5-6-10(13)8-11/h5-8,14H,4,9,13H2,1-3H3. The van der Waals surface area contributed by atoms with Crippen molar-refractivity contribution >= 4 is 15.7 Å². The van der Waals surface area contributed by atoms with Gasteiger partial charge in [0, 0.05) is 18.8 Å². The third-order valence-electron chi connectivity index (χ3n) is 2.39. The van der Waals surface area contributed by atoms with E-state index in [1.165, 1.54) is 12.1 Å². The lowest BCUT2D eigenvalue weighted by Crippen LogP contribution is -2.40. The highest BCUT2D eigenvalue weighted by Crippen LogP contribution is 2.14. The van der Waals surface area contributed by atoms with Crippen molar-refractivity contribution < 1.29 is 13.2 Å². The molecule has 0 aliphatic carbocycles. The molecule has 1 aromatic carbocycles. The second kappa shape index (κ2) is 5.69. The molecule has 0 aromatic heterocycles. The average Bonchev–Trinajstić information content (AvgIpc) is 2.27. The van der Waals surface area contributed by atoms with E-state index in [2.05, 4.69) is 4.72 Å². The first kappa shape index (κ1) is 14.9. The topological polar surface area (TPSA) is 81.4 Å². The number of anilines is 1. The van der Waals surface area contributed by atoms with Crippen LogP contribution in [0.2, 0.25) is 0 Å². The van der Waals surface area contributed by atoms with Gasteiger partial charge in [-0.15, -0.1) is 0 Å². The second-order valence-corrected chi connectivity index (χ2v) is 6.36. The molecule has 0 saturated carbocycles. The number of hydrogen-bond donors (Lipinski definition) is 2. The Balaban J connectivity index is 2.78. The molecule has 1 aromatic rings. The first-order chi connectivity index (χ1) is 8.27. The zero-order chi connectivity index (χ0) is 13.8. The molecular weight excluding hydrogens is 252 g/mol. The van der Waals surface area contributed by atoms with Crippen molar-refractivity contribution in [3.05, 3.63) is 24.3 Å². The third-order valence-corrected chi connectivity index (χ3v) is 3.79. The van der Waals surface area contributed by atoms with Crippen LogP contribution >= 0.6 is 0 Å². The predicted octanol–water partition coefficient (Wildman–Crippen LogP) is 1.36. The minimum atomic E-state index is -3.54. The lowest BCUT2D eigenvalue weighted by molar-refractivity contribution is -0.00514. The zero-order valence-electron chi connectivity index (χ0n) is 10.9. The Morgan fingerprint density at radius 3 is 2.61 bits per heavy atom. The molecule has 1 rings (SSSR count). The summed E-state index contributed by atoms with van der Waals surface area (Å²) in [5.74, 6) is 0. The van der Waals surface area contributed by atoms with Gasteiger partial charge in [-0.1, -0.05) is 6.07 Å². The van der Waals surface area contributed by atoms with Gasteiger partial charge in [0.2, 0.25) is 10.0 Å². The maximum absolute atomic E-state index is 12.0. The normalized spacial score (nSPS) is 12.6. The van der Waals surface area contributed by atoms with Gasteiger partial charge in [0.1, 0.15) is 0 Å². The van der Waals surface area contributed by atoms with E-state index in [9.17, 15) is 8.42 Å². The van der Waals surface area contributed by atoms with Crippen LogP contribution in [0.3, 0.4) is 0 Å². The van der Waals surface area contributed by atoms with Gasteiger partial charge in [-0.3, -0.25) is 0 Å². The number of ether oxygens (including phenoxy) is 1. The summed E-state index contributed by atoms with van der Waals surface area (Å²) in [4.78, 5) is 0.162. The Morgan fingerprint density at radius 2 is 2.06 bits per heavy atom. The molecule has 0 unspecified atom stereocenters. The van der Waals surface area contributed by atoms with E-state index in [1.807, 2.05) is 20.8 Å². The highest BCUT2D eigenvalue weighted by Gasteiger charge is 2.22. The van der Waals surface area contributed by atoms with Crippen LogP contribution < -0.4 is 10.5 Å². The van der Waals surface area contributed by atoms with Gasteiger partial charge in [-0.05, 0) is 39.0 Å². The van der Waals surface area contributed by atoms with Crippen LogP contribution in [-0.4, -0.2) is 27.2 Å². The zero-order valence-corrected chi connectivity index (χ0v) is 11.8. The fourth-order valence-electron chi connectivity index (χ4n) is 1.48. The quantitative estimate of drug-likeness (QED) is 0.766. The minimum Gasteiger partial charge on any atom is -0.399 e. The van der Waals surface area contributed by atoms with E-state index in [4.69, 9.17) is 10.5 Å². The van der Waals surface area contributed by atoms with E-state index in [0.717, 1.165) is 0 Å². The van der Waals surface area contributed by atoms with Gasteiger partial charge >= 0.3 is 0 Å². The fraction of sp³-hybridized carbons (Fsp3) is 0.500. The molecule has 0 amide bonds. The monoisotopic (exact) mass is 272 g/mol. The molecule has 0 radical (unpaired) electrons. The Kier molecular flexibility index (Phi) is 4.72. The summed E-state index contributed by atoms with van der Waals surface area (Å²) >= 11 is 0. The molecule has 0 aliphatic heterocycles. The number of rotatable bonds is 6. The number of nitrogens with two attached hydrogens (primary N) is 1. The van der Waals surface area contributed by atoms with Gasteiger partial charge < -0.3 is 10.5 Å². The molecule has 0 bridgehead atoms. The van der Waals surface area contributed by atoms with Crippen LogP contribution in [0.15, 0.2) is 29.2 Å². The van der Waals surface area contributed by atoms with Crippen molar-refractivity contribution in [1.82, 2.24) is 4.72 Å². The molecule has 3 N–H and O–H groups in total. The predicted molar refractivity (Wildman–Crippen MR) is 71.7 cm³/mol. The summed E-state index contributed by atoms with van der Waals surface area (Å²) in [6.07, 6.45) is 0. The Labute approximate surface area is 108 Å². The molecule has 0 atom stereocenters. The van der Waals surface area contributed by atoms with E-state index < -0.39 is 15.6 Å². The first-order valence-electron chi connectivity index (χ1n) is 5.76. The van der Waals surface area contributed by atoms with Crippen molar-refractivity contribution in [3.63, 3.8) is 0 Å². The fourth-order valence-corrected chi connectivity index (χ4v) is 2.73. The molecule has 102 valence electrons. The van der Waals surface area contributed by atoms with Crippen LogP contribution in [0, 0.1) is 0 Å². The molecule has 0 fully saturated rings. The first-order valence-corrected chi connectivity index (χ1v) is 7.24. The van der Waals surface area contributed by atoms with E-state index in [-0.39, 0.29) is 11.4 Å². The third kappa shape index (κ3) is 4.29. The van der Waals surface area contributed by atoms with E-state index in [0.29, 0.717) is 12.3 Å². The summed E-state index contributed by atoms with van der Waals surface area (Å²) in [7, 11) is -3.54. The molecule has 6 heteroatoms. The number of hydrogen-bond acceptors (Lipinski definition) is 4. The number of sulfonamides is 1. The van der Waals surface area contributed by atoms with Gasteiger partial charge in [-0.25, -0.2) is 13.1 Å². The van der Waals surface area contributed by atoms with Crippen LogP contribution in [0.5, 0.6) is 0 Å². The number of nitrogens with one attached hydrogen (secondary N) is 1. The molecule has 0 heterocycles. The summed E-state index contributed by atoms with van der Waals surface area (Å²) in [5.41, 5.74) is 5.45. The Morgan fingerprint density at radius 1 is 1.39 bits per heavy atom. The Bertz CT molecular complexity index is 498. The Hall–Kier alpha value is -1.11. The molecule has 0 saturated heterocycles. The van der Waals surface area contributed by atoms with Gasteiger partial charge in [-0.2, -0.15) is 0 Å². The molecular formula is C12H20N2O3S. The maximum Gasteiger partial charge on any atom is 0.240 e. The van der Waals surface area contributed by atoms with Crippen molar-refractivity contribution in [2.24, 2.45) is 0 Å². The highest BCUT2D eigenvalue weighted by atomic mass is 32.2. The summed E-state index contributed by atoms with van der Waals surface area (Å²) in [5, 5.41) is 0. The van der Waals surface area contributed by atoms with E-state index in [1.54, 1.807) is 12.1 Å². The second-order valence-electron chi connectivity index (χ2n) is 4.59. The lowest BCUT2D eigenvalue weighted by Gasteiger charge is -2.24. The van der Waals surface area contributed by atoms with Crippen molar-refractivity contribution in [3.8, 4) is 0 Å². The smallest absolute Gasteiger partial charge is 0.240 e. The lowest BCUT2D eigenvalue weighted by atomic mass is 10.1. The van der Waals surface area contributed by atoms with Gasteiger partial charge in [0.25, 0.3) is 0 Å². The van der Waals surface area contributed by atoms with Crippen LogP contribution in [0.4, 0.5) is 5.69 Å². The van der Waals surface area contributed by atoms with Crippen LogP contribution in [0.25, 0.3) is 0 Å². The molecule has 18 heavy (non-hydrogen) atoms. The largest absolute Gasteiger partial charge is 0.399 e. The van der Waals surface area contributed by atoms with Gasteiger partial charge in [0.15, 0.2) is 0 Å². The van der Waals surface area contributed by atoms with Crippen LogP contribution in [-0.2, 0) is 14.8 Å². The minimum absolute atomic E-state index is 0.162. The molecule has 5 nitrogen and oxygen atoms in total. The summed E-state index contributed by atoms with van der Waals surface area (Å²) in [6.45, 7) is 6.27. The summed E-state index contributed by atoms with van der Waals surface area (Å²) < 4.78 is 32.0. The van der Waals surface area contributed by atoms with Gasteiger partial charge in [0.05, 0.1) is 10.5 Å². The summed E-state index contributed by atoms with van der Waals surface area (Å²) in [6, 6.07) is 6.18. The van der Waals surface area contributed by atoms with Crippen molar-refractivity contribution in [2.75, 3.05) is 18.9 Å². The van der Waals surface area contributed by atoms with E-state index >= 15 is 0 Å². The van der Waals surface area contributed by atoms with Crippen LogP contribution in [0.1, 0.15) is 20.8 Å². The maximum atomic E-state index is 12.0. The SMILES string of the molecule is CCOC(C)(C)CNS(=O)(=O)c1cccc(N)c1.